The minimum atomic E-state index is 0.467. The van der Waals surface area contributed by atoms with Crippen LogP contribution in [0.15, 0.2) is 28.8 Å². The molecule has 1 N–H and O–H groups in total. The summed E-state index contributed by atoms with van der Waals surface area (Å²) in [5.41, 5.74) is 1.42. The van der Waals surface area contributed by atoms with Gasteiger partial charge in [0.25, 0.3) is 5.89 Å². The van der Waals surface area contributed by atoms with Gasteiger partial charge in [-0.05, 0) is 31.3 Å². The van der Waals surface area contributed by atoms with Crippen LogP contribution in [0.1, 0.15) is 11.4 Å². The highest BCUT2D eigenvalue weighted by Gasteiger charge is 2.07. The van der Waals surface area contributed by atoms with Gasteiger partial charge in [-0.1, -0.05) is 5.16 Å². The van der Waals surface area contributed by atoms with Gasteiger partial charge in [-0.2, -0.15) is 10.2 Å². The maximum Gasteiger partial charge on any atom is 0.257 e. The van der Waals surface area contributed by atoms with Crippen LogP contribution in [0.5, 0.6) is 0 Å². The van der Waals surface area contributed by atoms with Gasteiger partial charge < -0.3 is 9.84 Å². The van der Waals surface area contributed by atoms with E-state index in [0.717, 1.165) is 5.56 Å². The lowest BCUT2D eigenvalue weighted by molar-refractivity contribution is 0.420. The first-order chi connectivity index (χ1) is 7.83. The third-order valence-electron chi connectivity index (χ3n) is 2.06. The highest BCUT2D eigenvalue weighted by atomic mass is 16.5. The van der Waals surface area contributed by atoms with Crippen molar-refractivity contribution in [3.63, 3.8) is 0 Å². The molecule has 0 radical (unpaired) electrons. The molecule has 0 unspecified atom stereocenters. The lowest BCUT2D eigenvalue weighted by Crippen LogP contribution is -2.06. The van der Waals surface area contributed by atoms with E-state index in [9.17, 15) is 0 Å². The maximum atomic E-state index is 8.66. The van der Waals surface area contributed by atoms with Gasteiger partial charge in [-0.25, -0.2) is 0 Å². The highest BCUT2D eigenvalue weighted by Crippen LogP contribution is 2.17. The average Bonchev–Trinajstić information content (AvgIpc) is 2.78. The van der Waals surface area contributed by atoms with Crippen molar-refractivity contribution in [2.45, 2.75) is 6.54 Å². The average molecular weight is 214 g/mol. The SMILES string of the molecule is CNCc1noc(-c2ccc(C#N)cc2)n1. The van der Waals surface area contributed by atoms with Gasteiger partial charge in [0.15, 0.2) is 5.82 Å². The van der Waals surface area contributed by atoms with Gasteiger partial charge in [0.05, 0.1) is 18.2 Å². The lowest BCUT2D eigenvalue weighted by atomic mass is 10.1. The van der Waals surface area contributed by atoms with Crippen molar-refractivity contribution < 1.29 is 4.52 Å². The smallest absolute Gasteiger partial charge is 0.257 e. The van der Waals surface area contributed by atoms with E-state index >= 15 is 0 Å². The maximum absolute atomic E-state index is 8.66. The number of nitrogens with one attached hydrogen (secondary N) is 1. The molecule has 0 atom stereocenters. The molecule has 2 rings (SSSR count). The second-order valence-corrected chi connectivity index (χ2v) is 3.24. The van der Waals surface area contributed by atoms with Crippen molar-refractivity contribution in [2.24, 2.45) is 0 Å². The van der Waals surface area contributed by atoms with E-state index in [1.54, 1.807) is 24.3 Å². The second-order valence-electron chi connectivity index (χ2n) is 3.24. The van der Waals surface area contributed by atoms with E-state index in [-0.39, 0.29) is 0 Å². The van der Waals surface area contributed by atoms with Crippen molar-refractivity contribution in [2.75, 3.05) is 7.05 Å². The summed E-state index contributed by atoms with van der Waals surface area (Å²) in [5.74, 6) is 1.08. The highest BCUT2D eigenvalue weighted by molar-refractivity contribution is 5.54. The molecule has 1 aromatic heterocycles. The fourth-order valence-corrected chi connectivity index (χ4v) is 1.29. The van der Waals surface area contributed by atoms with Gasteiger partial charge in [0, 0.05) is 5.56 Å². The van der Waals surface area contributed by atoms with Crippen LogP contribution in [0.25, 0.3) is 11.5 Å². The Morgan fingerprint density at radius 3 is 2.75 bits per heavy atom. The molecule has 0 spiro atoms. The van der Waals surface area contributed by atoms with Crippen molar-refractivity contribution in [1.82, 2.24) is 15.5 Å². The van der Waals surface area contributed by atoms with Gasteiger partial charge in [-0.15, -0.1) is 0 Å². The number of hydrogen-bond donors (Lipinski definition) is 1. The molecular formula is C11H10N4O. The topological polar surface area (TPSA) is 74.7 Å². The Labute approximate surface area is 92.7 Å². The summed E-state index contributed by atoms with van der Waals surface area (Å²) in [6, 6.07) is 9.07. The quantitative estimate of drug-likeness (QED) is 0.834. The fourth-order valence-electron chi connectivity index (χ4n) is 1.29. The van der Waals surface area contributed by atoms with E-state index in [0.29, 0.717) is 23.8 Å². The second kappa shape index (κ2) is 4.55. The molecule has 0 bridgehead atoms. The Hall–Kier alpha value is -2.19. The number of nitriles is 1. The first kappa shape index (κ1) is 10.3. The number of aromatic nitrogens is 2. The minimum Gasteiger partial charge on any atom is -0.334 e. The number of benzene rings is 1. The van der Waals surface area contributed by atoms with Crippen LogP contribution in [-0.4, -0.2) is 17.2 Å². The van der Waals surface area contributed by atoms with Crippen molar-refractivity contribution in [3.8, 4) is 17.5 Å². The number of hydrogen-bond acceptors (Lipinski definition) is 5. The van der Waals surface area contributed by atoms with E-state index in [2.05, 4.69) is 21.5 Å². The molecule has 0 fully saturated rings. The molecular weight excluding hydrogens is 204 g/mol. The van der Waals surface area contributed by atoms with Crippen LogP contribution in [0, 0.1) is 11.3 Å². The summed E-state index contributed by atoms with van der Waals surface area (Å²) in [4.78, 5) is 4.20. The Morgan fingerprint density at radius 1 is 1.38 bits per heavy atom. The van der Waals surface area contributed by atoms with Crippen LogP contribution in [0.2, 0.25) is 0 Å². The molecule has 1 heterocycles. The van der Waals surface area contributed by atoms with Crippen molar-refractivity contribution in [1.29, 1.82) is 5.26 Å². The summed E-state index contributed by atoms with van der Waals surface area (Å²) in [6.07, 6.45) is 0. The van der Waals surface area contributed by atoms with E-state index < -0.39 is 0 Å². The van der Waals surface area contributed by atoms with Crippen LogP contribution in [0.3, 0.4) is 0 Å². The first-order valence-corrected chi connectivity index (χ1v) is 4.81. The predicted molar refractivity (Wildman–Crippen MR) is 57.2 cm³/mol. The molecule has 16 heavy (non-hydrogen) atoms. The van der Waals surface area contributed by atoms with Gasteiger partial charge in [0.2, 0.25) is 0 Å². The largest absolute Gasteiger partial charge is 0.334 e. The Kier molecular flexibility index (Phi) is 2.94. The summed E-state index contributed by atoms with van der Waals surface area (Å²) >= 11 is 0. The van der Waals surface area contributed by atoms with Gasteiger partial charge in [-0.3, -0.25) is 0 Å². The van der Waals surface area contributed by atoms with E-state index in [4.69, 9.17) is 9.78 Å². The number of nitrogens with zero attached hydrogens (tertiary/aromatic N) is 3. The normalized spacial score (nSPS) is 10.0. The minimum absolute atomic E-state index is 0.467. The molecule has 0 saturated heterocycles. The van der Waals surface area contributed by atoms with E-state index in [1.165, 1.54) is 0 Å². The molecule has 0 aliphatic carbocycles. The Morgan fingerprint density at radius 2 is 2.12 bits per heavy atom. The van der Waals surface area contributed by atoms with Crippen molar-refractivity contribution >= 4 is 0 Å². The third-order valence-corrected chi connectivity index (χ3v) is 2.06. The zero-order valence-electron chi connectivity index (χ0n) is 8.77. The van der Waals surface area contributed by atoms with Crippen LogP contribution in [0.4, 0.5) is 0 Å². The van der Waals surface area contributed by atoms with Gasteiger partial charge >= 0.3 is 0 Å². The van der Waals surface area contributed by atoms with Crippen LogP contribution >= 0.6 is 0 Å². The molecule has 5 nitrogen and oxygen atoms in total. The standard InChI is InChI=1S/C11H10N4O/c1-13-7-10-14-11(16-15-10)9-4-2-8(6-12)3-5-9/h2-5,13H,7H2,1H3. The van der Waals surface area contributed by atoms with Gasteiger partial charge in [0.1, 0.15) is 0 Å². The third kappa shape index (κ3) is 2.07. The van der Waals surface area contributed by atoms with Crippen LogP contribution < -0.4 is 5.32 Å². The molecule has 0 amide bonds. The summed E-state index contributed by atoms with van der Waals surface area (Å²) in [5, 5.41) is 15.4. The molecule has 1 aromatic carbocycles. The summed E-state index contributed by atoms with van der Waals surface area (Å²) in [7, 11) is 1.82. The Balaban J connectivity index is 2.25. The molecule has 5 heteroatoms. The predicted octanol–water partition coefficient (Wildman–Crippen LogP) is 1.33. The Bertz CT molecular complexity index is 510. The van der Waals surface area contributed by atoms with Crippen LogP contribution in [-0.2, 0) is 6.54 Å². The zero-order valence-corrected chi connectivity index (χ0v) is 8.77. The lowest BCUT2D eigenvalue weighted by Gasteiger charge is -1.93. The molecule has 2 aromatic rings. The molecule has 0 saturated carbocycles. The first-order valence-electron chi connectivity index (χ1n) is 4.81. The zero-order chi connectivity index (χ0) is 11.4. The summed E-state index contributed by atoms with van der Waals surface area (Å²) < 4.78 is 5.09. The molecule has 0 aliphatic rings. The monoisotopic (exact) mass is 214 g/mol. The summed E-state index contributed by atoms with van der Waals surface area (Å²) in [6.45, 7) is 0.569. The molecule has 0 aliphatic heterocycles. The number of rotatable bonds is 3. The fraction of sp³-hybridized carbons (Fsp3) is 0.182. The van der Waals surface area contributed by atoms with E-state index in [1.807, 2.05) is 7.05 Å². The van der Waals surface area contributed by atoms with Crippen molar-refractivity contribution in [3.05, 3.63) is 35.7 Å². The molecule has 80 valence electrons.